The van der Waals surface area contributed by atoms with Gasteiger partial charge >= 0.3 is 0 Å². The van der Waals surface area contributed by atoms with Crippen molar-refractivity contribution < 1.29 is 4.79 Å². The zero-order chi connectivity index (χ0) is 24.4. The molecule has 0 saturated carbocycles. The smallest absolute Gasteiger partial charge is 0.255 e. The third-order valence-electron chi connectivity index (χ3n) is 6.93. The Morgan fingerprint density at radius 1 is 0.943 bits per heavy atom. The number of hydrogen-bond acceptors (Lipinski definition) is 5. The van der Waals surface area contributed by atoms with Crippen LogP contribution in [0.1, 0.15) is 27.2 Å². The molecule has 35 heavy (non-hydrogen) atoms. The summed E-state index contributed by atoms with van der Waals surface area (Å²) in [6.45, 7) is 8.55. The van der Waals surface area contributed by atoms with Crippen LogP contribution in [0.2, 0.25) is 0 Å². The second-order valence-electron chi connectivity index (χ2n) is 9.18. The van der Waals surface area contributed by atoms with Crippen LogP contribution in [0.25, 0.3) is 10.9 Å². The van der Waals surface area contributed by atoms with Crippen molar-refractivity contribution in [2.75, 3.05) is 42.1 Å². The number of anilines is 3. The maximum Gasteiger partial charge on any atom is 0.255 e. The van der Waals surface area contributed by atoms with Crippen molar-refractivity contribution >= 4 is 33.9 Å². The quantitative estimate of drug-likeness (QED) is 0.433. The number of rotatable bonds is 5. The Balaban J connectivity index is 1.29. The van der Waals surface area contributed by atoms with Crippen molar-refractivity contribution in [2.45, 2.75) is 20.4 Å². The lowest BCUT2D eigenvalue weighted by Gasteiger charge is -2.36. The summed E-state index contributed by atoms with van der Waals surface area (Å²) in [4.78, 5) is 22.7. The number of hydrogen-bond donors (Lipinski definition) is 2. The predicted molar refractivity (Wildman–Crippen MR) is 144 cm³/mol. The van der Waals surface area contributed by atoms with Gasteiger partial charge in [-0.25, -0.2) is 0 Å². The van der Waals surface area contributed by atoms with Gasteiger partial charge < -0.3 is 16.0 Å². The SMILES string of the molecule is Cc1nc2ccc(NC(=O)c3ccccc3CN3CCN(c4ccccc4)CC3)cc2c(N)c1C. The van der Waals surface area contributed by atoms with Crippen LogP contribution in [-0.4, -0.2) is 42.0 Å². The average molecular weight is 466 g/mol. The van der Waals surface area contributed by atoms with Crippen LogP contribution in [-0.2, 0) is 6.54 Å². The first kappa shape index (κ1) is 22.9. The topological polar surface area (TPSA) is 74.5 Å². The fraction of sp³-hybridized carbons (Fsp3) is 0.241. The Morgan fingerprint density at radius 3 is 2.43 bits per heavy atom. The van der Waals surface area contributed by atoms with E-state index < -0.39 is 0 Å². The van der Waals surface area contributed by atoms with Crippen molar-refractivity contribution in [3.05, 3.63) is 95.2 Å². The number of amides is 1. The van der Waals surface area contributed by atoms with E-state index in [1.807, 2.05) is 62.4 Å². The molecule has 3 N–H and O–H groups in total. The molecule has 178 valence electrons. The first-order chi connectivity index (χ1) is 17.0. The van der Waals surface area contributed by atoms with Gasteiger partial charge in [0, 0.05) is 66.4 Å². The minimum atomic E-state index is -0.113. The number of aromatic nitrogens is 1. The van der Waals surface area contributed by atoms with Crippen molar-refractivity contribution in [3.8, 4) is 0 Å². The number of pyridine rings is 1. The van der Waals surface area contributed by atoms with E-state index in [1.54, 1.807) is 0 Å². The van der Waals surface area contributed by atoms with E-state index >= 15 is 0 Å². The number of nitrogen functional groups attached to an aromatic ring is 1. The summed E-state index contributed by atoms with van der Waals surface area (Å²) >= 11 is 0. The van der Waals surface area contributed by atoms with E-state index in [-0.39, 0.29) is 5.91 Å². The number of para-hydroxylation sites is 1. The van der Waals surface area contributed by atoms with E-state index in [1.165, 1.54) is 5.69 Å². The van der Waals surface area contributed by atoms with Gasteiger partial charge in [-0.3, -0.25) is 14.7 Å². The molecule has 1 aromatic heterocycles. The van der Waals surface area contributed by atoms with E-state index in [0.29, 0.717) is 16.9 Å². The van der Waals surface area contributed by atoms with Gasteiger partial charge in [-0.05, 0) is 61.4 Å². The standard InChI is InChI=1S/C29H31N5O/c1-20-21(2)31-27-13-12-23(18-26(27)28(20)30)32-29(35)25-11-7-6-8-22(25)19-33-14-16-34(17-15-33)24-9-4-3-5-10-24/h3-13,18H,14-17,19H2,1-2H3,(H2,30,31)(H,32,35). The third-order valence-corrected chi connectivity index (χ3v) is 6.93. The van der Waals surface area contributed by atoms with Crippen LogP contribution in [0.4, 0.5) is 17.1 Å². The van der Waals surface area contributed by atoms with Gasteiger partial charge in [-0.15, -0.1) is 0 Å². The number of carbonyl (C=O) groups is 1. The normalized spacial score (nSPS) is 14.3. The van der Waals surface area contributed by atoms with Gasteiger partial charge in [-0.1, -0.05) is 36.4 Å². The Kier molecular flexibility index (Phi) is 6.38. The lowest BCUT2D eigenvalue weighted by Crippen LogP contribution is -2.46. The summed E-state index contributed by atoms with van der Waals surface area (Å²) in [7, 11) is 0. The molecule has 4 aromatic rings. The minimum absolute atomic E-state index is 0.113. The molecule has 1 aliphatic rings. The third kappa shape index (κ3) is 4.84. The summed E-state index contributed by atoms with van der Waals surface area (Å²) < 4.78 is 0. The highest BCUT2D eigenvalue weighted by molar-refractivity contribution is 6.06. The number of carbonyl (C=O) groups excluding carboxylic acids is 1. The highest BCUT2D eigenvalue weighted by Crippen LogP contribution is 2.28. The predicted octanol–water partition coefficient (Wildman–Crippen LogP) is 5.01. The zero-order valence-corrected chi connectivity index (χ0v) is 20.3. The number of nitrogens with zero attached hydrogens (tertiary/aromatic N) is 3. The molecule has 2 heterocycles. The van der Waals surface area contributed by atoms with Crippen LogP contribution in [0.5, 0.6) is 0 Å². The van der Waals surface area contributed by atoms with Crippen molar-refractivity contribution in [1.82, 2.24) is 9.88 Å². The molecule has 1 amide bonds. The number of fused-ring (bicyclic) bond motifs is 1. The zero-order valence-electron chi connectivity index (χ0n) is 20.3. The van der Waals surface area contributed by atoms with E-state index in [2.05, 4.69) is 44.4 Å². The van der Waals surface area contributed by atoms with Gasteiger partial charge in [0.2, 0.25) is 0 Å². The van der Waals surface area contributed by atoms with E-state index in [4.69, 9.17) is 5.73 Å². The molecule has 0 unspecified atom stereocenters. The maximum absolute atomic E-state index is 13.3. The molecule has 1 fully saturated rings. The molecular formula is C29H31N5O. The van der Waals surface area contributed by atoms with Crippen LogP contribution in [0.3, 0.4) is 0 Å². The molecule has 0 spiro atoms. The van der Waals surface area contributed by atoms with Crippen molar-refractivity contribution in [3.63, 3.8) is 0 Å². The second-order valence-corrected chi connectivity index (χ2v) is 9.18. The summed E-state index contributed by atoms with van der Waals surface area (Å²) in [5.41, 5.74) is 13.5. The molecule has 0 bridgehead atoms. The first-order valence-electron chi connectivity index (χ1n) is 12.1. The molecular weight excluding hydrogens is 434 g/mol. The Hall–Kier alpha value is -3.90. The Labute approximate surface area is 206 Å². The van der Waals surface area contributed by atoms with Crippen LogP contribution >= 0.6 is 0 Å². The average Bonchev–Trinajstić information content (AvgIpc) is 2.89. The number of piperazine rings is 1. The molecule has 1 aliphatic heterocycles. The highest BCUT2D eigenvalue weighted by atomic mass is 16.1. The molecule has 0 aliphatic carbocycles. The van der Waals surface area contributed by atoms with Crippen molar-refractivity contribution in [1.29, 1.82) is 0 Å². The molecule has 3 aromatic carbocycles. The van der Waals surface area contributed by atoms with Crippen LogP contribution < -0.4 is 16.0 Å². The molecule has 6 heteroatoms. The van der Waals surface area contributed by atoms with Gasteiger partial charge in [0.15, 0.2) is 0 Å². The summed E-state index contributed by atoms with van der Waals surface area (Å²) in [6, 6.07) is 24.1. The van der Waals surface area contributed by atoms with Crippen LogP contribution in [0.15, 0.2) is 72.8 Å². The largest absolute Gasteiger partial charge is 0.398 e. The number of nitrogens with two attached hydrogens (primary N) is 1. The van der Waals surface area contributed by atoms with Crippen molar-refractivity contribution in [2.24, 2.45) is 0 Å². The number of aryl methyl sites for hydroxylation is 1. The Bertz CT molecular complexity index is 1360. The summed E-state index contributed by atoms with van der Waals surface area (Å²) in [5.74, 6) is -0.113. The van der Waals surface area contributed by atoms with Gasteiger partial charge in [0.1, 0.15) is 0 Å². The number of nitrogens with one attached hydrogen (secondary N) is 1. The fourth-order valence-electron chi connectivity index (χ4n) is 4.71. The monoisotopic (exact) mass is 465 g/mol. The van der Waals surface area contributed by atoms with E-state index in [9.17, 15) is 4.79 Å². The van der Waals surface area contributed by atoms with E-state index in [0.717, 1.165) is 60.4 Å². The Morgan fingerprint density at radius 2 is 1.66 bits per heavy atom. The molecule has 6 nitrogen and oxygen atoms in total. The lowest BCUT2D eigenvalue weighted by molar-refractivity contribution is 0.102. The molecule has 5 rings (SSSR count). The maximum atomic E-state index is 13.3. The number of benzene rings is 3. The van der Waals surface area contributed by atoms with Gasteiger partial charge in [0.05, 0.1) is 5.52 Å². The molecule has 1 saturated heterocycles. The minimum Gasteiger partial charge on any atom is -0.398 e. The van der Waals surface area contributed by atoms with Gasteiger partial charge in [-0.2, -0.15) is 0 Å². The lowest BCUT2D eigenvalue weighted by atomic mass is 10.0. The summed E-state index contributed by atoms with van der Waals surface area (Å²) in [6.07, 6.45) is 0. The first-order valence-corrected chi connectivity index (χ1v) is 12.1. The molecule has 0 radical (unpaired) electrons. The molecule has 0 atom stereocenters. The van der Waals surface area contributed by atoms with Gasteiger partial charge in [0.25, 0.3) is 5.91 Å². The second kappa shape index (κ2) is 9.76. The highest BCUT2D eigenvalue weighted by Gasteiger charge is 2.20. The fourth-order valence-corrected chi connectivity index (χ4v) is 4.71. The summed E-state index contributed by atoms with van der Waals surface area (Å²) in [5, 5.41) is 3.93. The van der Waals surface area contributed by atoms with Crippen LogP contribution in [0, 0.1) is 13.8 Å².